The molecular weight excluding hydrogens is 220 g/mol. The van der Waals surface area contributed by atoms with Gasteiger partial charge >= 0.3 is 0 Å². The maximum absolute atomic E-state index is 5.91. The topological polar surface area (TPSA) is 52.0 Å². The lowest BCUT2D eigenvalue weighted by molar-refractivity contribution is 0.620. The van der Waals surface area contributed by atoms with Crippen molar-refractivity contribution in [3.63, 3.8) is 0 Å². The summed E-state index contributed by atoms with van der Waals surface area (Å²) in [4.78, 5) is 5.58. The second-order valence-electron chi connectivity index (χ2n) is 3.62. The fourth-order valence-corrected chi connectivity index (χ4v) is 2.47. The number of fused-ring (bicyclic) bond motifs is 1. The van der Waals surface area contributed by atoms with Crippen molar-refractivity contribution in [2.24, 2.45) is 0 Å². The van der Waals surface area contributed by atoms with Gasteiger partial charge in [-0.15, -0.1) is 11.3 Å². The average molecular weight is 230 g/mol. The lowest BCUT2D eigenvalue weighted by Crippen LogP contribution is -1.82. The summed E-state index contributed by atoms with van der Waals surface area (Å²) in [5.74, 6) is 0.600. The standard InChI is InChI=1S/C12H10N2OS/c1-7-6-8(11(13)16-7)12-14-9-4-2-3-5-10(9)15-12/h2-6H,13H2,1H3. The molecule has 2 aromatic heterocycles. The fourth-order valence-electron chi connectivity index (χ4n) is 1.69. The number of aromatic nitrogens is 1. The van der Waals surface area contributed by atoms with Gasteiger partial charge in [-0.05, 0) is 25.1 Å². The van der Waals surface area contributed by atoms with Gasteiger partial charge in [0.1, 0.15) is 5.52 Å². The van der Waals surface area contributed by atoms with Crippen molar-refractivity contribution >= 4 is 27.4 Å². The molecule has 0 amide bonds. The molecule has 3 rings (SSSR count). The summed E-state index contributed by atoms with van der Waals surface area (Å²) >= 11 is 1.55. The minimum absolute atomic E-state index is 0.600. The number of benzene rings is 1. The van der Waals surface area contributed by atoms with Gasteiger partial charge in [0, 0.05) is 4.88 Å². The zero-order chi connectivity index (χ0) is 11.1. The first-order valence-corrected chi connectivity index (χ1v) is 5.77. The smallest absolute Gasteiger partial charge is 0.230 e. The number of rotatable bonds is 1. The van der Waals surface area contributed by atoms with Crippen molar-refractivity contribution in [2.75, 3.05) is 5.73 Å². The van der Waals surface area contributed by atoms with Crippen LogP contribution in [0.25, 0.3) is 22.6 Å². The first kappa shape index (κ1) is 9.42. The molecule has 0 saturated carbocycles. The number of hydrogen-bond acceptors (Lipinski definition) is 4. The Labute approximate surface area is 96.5 Å². The molecule has 4 heteroatoms. The summed E-state index contributed by atoms with van der Waals surface area (Å²) in [7, 11) is 0. The van der Waals surface area contributed by atoms with Crippen LogP contribution in [0, 0.1) is 6.92 Å². The van der Waals surface area contributed by atoms with Crippen LogP contribution in [0.1, 0.15) is 4.88 Å². The van der Waals surface area contributed by atoms with E-state index in [4.69, 9.17) is 10.2 Å². The highest BCUT2D eigenvalue weighted by Crippen LogP contribution is 2.34. The molecule has 3 nitrogen and oxygen atoms in total. The van der Waals surface area contributed by atoms with Gasteiger partial charge in [-0.1, -0.05) is 12.1 Å². The van der Waals surface area contributed by atoms with E-state index in [0.717, 1.165) is 26.5 Å². The largest absolute Gasteiger partial charge is 0.436 e. The molecule has 3 aromatic rings. The van der Waals surface area contributed by atoms with E-state index >= 15 is 0 Å². The van der Waals surface area contributed by atoms with Crippen LogP contribution in [-0.4, -0.2) is 4.98 Å². The second-order valence-corrected chi connectivity index (χ2v) is 4.91. The number of nitrogens with zero attached hydrogens (tertiary/aromatic N) is 1. The lowest BCUT2D eigenvalue weighted by atomic mass is 10.3. The fraction of sp³-hybridized carbons (Fsp3) is 0.0833. The summed E-state index contributed by atoms with van der Waals surface area (Å²) in [5.41, 5.74) is 8.46. The third kappa shape index (κ3) is 1.39. The Kier molecular flexibility index (Phi) is 1.97. The van der Waals surface area contributed by atoms with Gasteiger partial charge in [-0.3, -0.25) is 0 Å². The molecule has 2 heterocycles. The van der Waals surface area contributed by atoms with E-state index in [0.29, 0.717) is 5.89 Å². The molecule has 0 aliphatic heterocycles. The van der Waals surface area contributed by atoms with E-state index < -0.39 is 0 Å². The van der Waals surface area contributed by atoms with Gasteiger partial charge in [-0.25, -0.2) is 4.98 Å². The van der Waals surface area contributed by atoms with Crippen molar-refractivity contribution < 1.29 is 4.42 Å². The van der Waals surface area contributed by atoms with Crippen LogP contribution < -0.4 is 5.73 Å². The number of hydrogen-bond donors (Lipinski definition) is 1. The maximum atomic E-state index is 5.91. The van der Waals surface area contributed by atoms with Crippen molar-refractivity contribution in [1.82, 2.24) is 4.98 Å². The monoisotopic (exact) mass is 230 g/mol. The zero-order valence-corrected chi connectivity index (χ0v) is 9.54. The highest BCUT2D eigenvalue weighted by atomic mass is 32.1. The van der Waals surface area contributed by atoms with Crippen molar-refractivity contribution in [1.29, 1.82) is 0 Å². The maximum Gasteiger partial charge on any atom is 0.230 e. The third-order valence-corrected chi connectivity index (χ3v) is 3.29. The molecule has 0 radical (unpaired) electrons. The predicted octanol–water partition coefficient (Wildman–Crippen LogP) is 3.45. The van der Waals surface area contributed by atoms with Crippen molar-refractivity contribution in [2.45, 2.75) is 6.92 Å². The molecule has 0 aliphatic carbocycles. The predicted molar refractivity (Wildman–Crippen MR) is 66.5 cm³/mol. The molecule has 0 atom stereocenters. The molecule has 0 saturated heterocycles. The first-order valence-electron chi connectivity index (χ1n) is 4.96. The van der Waals surface area contributed by atoms with E-state index in [1.54, 1.807) is 11.3 Å². The van der Waals surface area contributed by atoms with Crippen LogP contribution in [0.15, 0.2) is 34.7 Å². The summed E-state index contributed by atoms with van der Waals surface area (Å²) in [6, 6.07) is 9.71. The van der Waals surface area contributed by atoms with E-state index in [9.17, 15) is 0 Å². The molecule has 16 heavy (non-hydrogen) atoms. The Balaban J connectivity index is 2.22. The Morgan fingerprint density at radius 2 is 2.12 bits per heavy atom. The number of aryl methyl sites for hydroxylation is 1. The van der Waals surface area contributed by atoms with Crippen molar-refractivity contribution in [3.8, 4) is 11.5 Å². The van der Waals surface area contributed by atoms with Crippen LogP contribution in [-0.2, 0) is 0 Å². The summed E-state index contributed by atoms with van der Waals surface area (Å²) in [5, 5.41) is 0.754. The third-order valence-electron chi connectivity index (χ3n) is 2.41. The van der Waals surface area contributed by atoms with E-state index in [1.807, 2.05) is 37.3 Å². The lowest BCUT2D eigenvalue weighted by Gasteiger charge is -1.90. The van der Waals surface area contributed by atoms with E-state index in [-0.39, 0.29) is 0 Å². The van der Waals surface area contributed by atoms with Crippen LogP contribution in [0.3, 0.4) is 0 Å². The quantitative estimate of drug-likeness (QED) is 0.696. The minimum Gasteiger partial charge on any atom is -0.436 e. The zero-order valence-electron chi connectivity index (χ0n) is 8.73. The van der Waals surface area contributed by atoms with Gasteiger partial charge in [-0.2, -0.15) is 0 Å². The molecule has 0 fully saturated rings. The number of para-hydroxylation sites is 2. The Hall–Kier alpha value is -1.81. The number of oxazole rings is 1. The Morgan fingerprint density at radius 3 is 2.81 bits per heavy atom. The molecule has 0 spiro atoms. The highest BCUT2D eigenvalue weighted by Gasteiger charge is 2.12. The molecule has 2 N–H and O–H groups in total. The SMILES string of the molecule is Cc1cc(-c2nc3ccccc3o2)c(N)s1. The summed E-state index contributed by atoms with van der Waals surface area (Å²) in [6.45, 7) is 2.02. The number of anilines is 1. The normalized spacial score (nSPS) is 11.1. The second kappa shape index (κ2) is 3.35. The highest BCUT2D eigenvalue weighted by molar-refractivity contribution is 7.16. The van der Waals surface area contributed by atoms with Gasteiger partial charge in [0.25, 0.3) is 0 Å². The molecule has 1 aromatic carbocycles. The first-order chi connectivity index (χ1) is 7.74. The molecular formula is C12H10N2OS. The molecule has 0 aliphatic rings. The Morgan fingerprint density at radius 1 is 1.31 bits per heavy atom. The van der Waals surface area contributed by atoms with Crippen LogP contribution in [0.4, 0.5) is 5.00 Å². The summed E-state index contributed by atoms with van der Waals surface area (Å²) < 4.78 is 5.66. The van der Waals surface area contributed by atoms with Gasteiger partial charge in [0.2, 0.25) is 5.89 Å². The number of thiophene rings is 1. The van der Waals surface area contributed by atoms with Crippen LogP contribution in [0.5, 0.6) is 0 Å². The Bertz CT molecular complexity index is 621. The van der Waals surface area contributed by atoms with Gasteiger partial charge in [0.15, 0.2) is 5.58 Å². The van der Waals surface area contributed by atoms with Gasteiger partial charge < -0.3 is 10.2 Å². The summed E-state index contributed by atoms with van der Waals surface area (Å²) in [6.07, 6.45) is 0. The molecule has 0 bridgehead atoms. The number of nitrogen functional groups attached to an aromatic ring is 1. The average Bonchev–Trinajstić information content (AvgIpc) is 2.81. The van der Waals surface area contributed by atoms with Crippen LogP contribution >= 0.6 is 11.3 Å². The van der Waals surface area contributed by atoms with E-state index in [2.05, 4.69) is 4.98 Å². The molecule has 80 valence electrons. The van der Waals surface area contributed by atoms with Crippen molar-refractivity contribution in [3.05, 3.63) is 35.2 Å². The number of nitrogens with two attached hydrogens (primary N) is 1. The van der Waals surface area contributed by atoms with E-state index in [1.165, 1.54) is 0 Å². The molecule has 0 unspecified atom stereocenters. The van der Waals surface area contributed by atoms with Crippen LogP contribution in [0.2, 0.25) is 0 Å². The van der Waals surface area contributed by atoms with Gasteiger partial charge in [0.05, 0.1) is 10.6 Å². The minimum atomic E-state index is 0.600.